The van der Waals surface area contributed by atoms with Crippen molar-refractivity contribution in [2.45, 2.75) is 12.1 Å². The molecule has 0 aliphatic rings. The molecule has 2 nitrogen and oxygen atoms in total. The molecule has 1 rings (SSSR count). The van der Waals surface area contributed by atoms with Crippen LogP contribution in [0.2, 0.25) is 0 Å². The quantitative estimate of drug-likeness (QED) is 0.775. The van der Waals surface area contributed by atoms with Crippen molar-refractivity contribution in [3.8, 4) is 0 Å². The Bertz CT molecular complexity index is 282. The van der Waals surface area contributed by atoms with Gasteiger partial charge in [0.15, 0.2) is 0 Å². The molecular weight excluding hydrogens is 209 g/mol. The minimum absolute atomic E-state index is 0.0231. The van der Waals surface area contributed by atoms with Crippen molar-refractivity contribution in [2.24, 2.45) is 0 Å². The summed E-state index contributed by atoms with van der Waals surface area (Å²) in [6.45, 7) is 0. The van der Waals surface area contributed by atoms with Gasteiger partial charge in [0.05, 0.1) is 0 Å². The Kier molecular flexibility index (Phi) is 5.62. The van der Waals surface area contributed by atoms with E-state index in [1.54, 1.807) is 6.07 Å². The van der Waals surface area contributed by atoms with Crippen molar-refractivity contribution >= 4 is 6.29 Å². The second-order valence-corrected chi connectivity index (χ2v) is 2.57. The van der Waals surface area contributed by atoms with Crippen LogP contribution in [0.3, 0.4) is 0 Å². The molecular formula is C10H11F3O2. The summed E-state index contributed by atoms with van der Waals surface area (Å²) < 4.78 is 36.5. The highest BCUT2D eigenvalue weighted by atomic mass is 19.4. The number of aliphatic hydroxyl groups is 1. The third-order valence-corrected chi connectivity index (χ3v) is 1.65. The number of hydrogen-bond donors (Lipinski definition) is 1. The molecule has 0 spiro atoms. The predicted octanol–water partition coefficient (Wildman–Crippen LogP) is 2.14. The van der Waals surface area contributed by atoms with E-state index >= 15 is 0 Å². The number of alkyl halides is 3. The molecule has 1 atom stereocenters. The average molecular weight is 220 g/mol. The first kappa shape index (κ1) is 13.6. The number of aliphatic hydroxyl groups excluding tert-OH is 1. The zero-order valence-electron chi connectivity index (χ0n) is 8.03. The van der Waals surface area contributed by atoms with Gasteiger partial charge in [-0.05, 0) is 5.56 Å². The summed E-state index contributed by atoms with van der Waals surface area (Å²) in [5.41, 5.74) is -0.0231. The molecule has 0 radical (unpaired) electrons. The fourth-order valence-corrected chi connectivity index (χ4v) is 1.01. The lowest BCUT2D eigenvalue weighted by atomic mass is 10.0. The van der Waals surface area contributed by atoms with Crippen molar-refractivity contribution in [1.82, 2.24) is 0 Å². The van der Waals surface area contributed by atoms with Crippen LogP contribution in [-0.2, 0) is 4.79 Å². The fourth-order valence-electron chi connectivity index (χ4n) is 1.01. The van der Waals surface area contributed by atoms with Crippen molar-refractivity contribution in [1.29, 1.82) is 0 Å². The highest BCUT2D eigenvalue weighted by Crippen LogP contribution is 2.32. The highest BCUT2D eigenvalue weighted by molar-refractivity contribution is 5.63. The lowest BCUT2D eigenvalue weighted by Gasteiger charge is -2.13. The molecule has 1 N–H and O–H groups in total. The Labute approximate surface area is 85.3 Å². The number of hydrogen-bond acceptors (Lipinski definition) is 2. The Hall–Kier alpha value is -1.36. The first-order chi connectivity index (χ1) is 7.05. The Morgan fingerprint density at radius 2 is 1.67 bits per heavy atom. The largest absolute Gasteiger partial charge is 0.402 e. The lowest BCUT2D eigenvalue weighted by Crippen LogP contribution is -2.21. The summed E-state index contributed by atoms with van der Waals surface area (Å²) in [4.78, 5) is 10.2. The van der Waals surface area contributed by atoms with Crippen LogP contribution in [0.5, 0.6) is 0 Å². The molecule has 15 heavy (non-hydrogen) atoms. The van der Waals surface area contributed by atoms with E-state index in [1.165, 1.54) is 24.3 Å². The van der Waals surface area contributed by atoms with Crippen LogP contribution in [0.25, 0.3) is 0 Å². The van der Waals surface area contributed by atoms with Gasteiger partial charge < -0.3 is 9.90 Å². The second-order valence-electron chi connectivity index (χ2n) is 2.57. The minimum Gasteiger partial charge on any atom is -0.400 e. The molecule has 0 saturated heterocycles. The molecule has 5 heteroatoms. The fraction of sp³-hybridized carbons (Fsp3) is 0.300. The molecule has 1 aromatic carbocycles. The van der Waals surface area contributed by atoms with Crippen molar-refractivity contribution < 1.29 is 23.1 Å². The smallest absolute Gasteiger partial charge is 0.400 e. The van der Waals surface area contributed by atoms with Crippen LogP contribution in [-0.4, -0.2) is 24.7 Å². The summed E-state index contributed by atoms with van der Waals surface area (Å²) in [6.07, 6.45) is -4.58. The Morgan fingerprint density at radius 1 is 1.20 bits per heavy atom. The molecule has 1 unspecified atom stereocenters. The molecule has 0 saturated carbocycles. The maximum atomic E-state index is 12.2. The number of aldehydes is 1. The van der Waals surface area contributed by atoms with E-state index in [0.29, 0.717) is 0 Å². The normalized spacial score (nSPS) is 12.3. The van der Waals surface area contributed by atoms with E-state index in [1.807, 2.05) is 0 Å². The Balaban J connectivity index is 0.000000921. The molecule has 0 aliphatic heterocycles. The zero-order chi connectivity index (χ0) is 11.9. The van der Waals surface area contributed by atoms with Crippen molar-refractivity contribution in [3.05, 3.63) is 35.9 Å². The third kappa shape index (κ3) is 4.12. The van der Waals surface area contributed by atoms with E-state index < -0.39 is 12.1 Å². The number of benzene rings is 1. The van der Waals surface area contributed by atoms with Crippen LogP contribution in [0, 0.1) is 0 Å². The van der Waals surface area contributed by atoms with E-state index in [2.05, 4.69) is 0 Å². The highest BCUT2D eigenvalue weighted by Gasteiger charge is 2.40. The molecule has 1 aromatic rings. The van der Waals surface area contributed by atoms with Crippen LogP contribution in [0.1, 0.15) is 11.5 Å². The molecule has 84 valence electrons. The van der Waals surface area contributed by atoms with Gasteiger partial charge >= 0.3 is 6.18 Å². The number of carbonyl (C=O) groups excluding carboxylic acids is 1. The van der Waals surface area contributed by atoms with Gasteiger partial charge in [0, 0.05) is 7.11 Å². The van der Waals surface area contributed by atoms with Gasteiger partial charge in [-0.15, -0.1) is 0 Å². The van der Waals surface area contributed by atoms with Crippen LogP contribution < -0.4 is 0 Å². The monoisotopic (exact) mass is 220 g/mol. The van der Waals surface area contributed by atoms with E-state index in [-0.39, 0.29) is 11.8 Å². The van der Waals surface area contributed by atoms with Gasteiger partial charge in [-0.25, -0.2) is 0 Å². The van der Waals surface area contributed by atoms with Crippen LogP contribution in [0.15, 0.2) is 30.3 Å². The van der Waals surface area contributed by atoms with E-state index in [9.17, 15) is 18.0 Å². The zero-order valence-corrected chi connectivity index (χ0v) is 8.03. The summed E-state index contributed by atoms with van der Waals surface area (Å²) in [6, 6.07) is 7.11. The maximum absolute atomic E-state index is 12.2. The van der Waals surface area contributed by atoms with Gasteiger partial charge in [0.2, 0.25) is 0 Å². The van der Waals surface area contributed by atoms with Gasteiger partial charge in [-0.3, -0.25) is 0 Å². The van der Waals surface area contributed by atoms with Gasteiger partial charge in [0.25, 0.3) is 0 Å². The number of carbonyl (C=O) groups is 1. The van der Waals surface area contributed by atoms with E-state index in [4.69, 9.17) is 5.11 Å². The van der Waals surface area contributed by atoms with Crippen LogP contribution in [0.4, 0.5) is 13.2 Å². The molecule has 0 amide bonds. The first-order valence-electron chi connectivity index (χ1n) is 4.07. The summed E-state index contributed by atoms with van der Waals surface area (Å²) in [7, 11) is 1.00. The average Bonchev–Trinajstić information content (AvgIpc) is 2.21. The molecule has 0 bridgehead atoms. The van der Waals surface area contributed by atoms with Gasteiger partial charge in [-0.1, -0.05) is 30.3 Å². The molecule has 0 heterocycles. The topological polar surface area (TPSA) is 37.3 Å². The minimum atomic E-state index is -4.50. The van der Waals surface area contributed by atoms with Gasteiger partial charge in [-0.2, -0.15) is 13.2 Å². The predicted molar refractivity (Wildman–Crippen MR) is 49.4 cm³/mol. The third-order valence-electron chi connectivity index (χ3n) is 1.65. The summed E-state index contributed by atoms with van der Waals surface area (Å²) >= 11 is 0. The maximum Gasteiger partial charge on any atom is 0.402 e. The number of rotatable bonds is 2. The summed E-state index contributed by atoms with van der Waals surface area (Å²) in [5.74, 6) is -2.01. The van der Waals surface area contributed by atoms with E-state index in [0.717, 1.165) is 7.11 Å². The lowest BCUT2D eigenvalue weighted by molar-refractivity contribution is -0.155. The Morgan fingerprint density at radius 3 is 2.00 bits per heavy atom. The molecule has 0 aromatic heterocycles. The van der Waals surface area contributed by atoms with Crippen molar-refractivity contribution in [3.63, 3.8) is 0 Å². The summed E-state index contributed by atoms with van der Waals surface area (Å²) in [5, 5.41) is 7.00. The van der Waals surface area contributed by atoms with Crippen LogP contribution >= 0.6 is 0 Å². The number of halogens is 3. The molecule has 0 aliphatic carbocycles. The van der Waals surface area contributed by atoms with Gasteiger partial charge in [0.1, 0.15) is 12.2 Å². The van der Waals surface area contributed by atoms with Crippen molar-refractivity contribution in [2.75, 3.05) is 7.11 Å². The second kappa shape index (κ2) is 6.19. The standard InChI is InChI=1S/C9H7F3O.CH4O/c10-9(11,12)8(6-13)7-4-2-1-3-5-7;1-2/h1-6,8H;2H,1H3. The molecule has 0 fully saturated rings. The first-order valence-corrected chi connectivity index (χ1v) is 4.07. The SMILES string of the molecule is CO.O=CC(c1ccccc1)C(F)(F)F.